The lowest BCUT2D eigenvalue weighted by Crippen LogP contribution is -2.38. The predicted molar refractivity (Wildman–Crippen MR) is 109 cm³/mol. The van der Waals surface area contributed by atoms with Crippen LogP contribution in [0.4, 0.5) is 5.69 Å². The van der Waals surface area contributed by atoms with Crippen molar-refractivity contribution in [3.05, 3.63) is 59.7 Å². The van der Waals surface area contributed by atoms with Crippen LogP contribution in [-0.4, -0.2) is 36.6 Å². The van der Waals surface area contributed by atoms with Crippen LogP contribution in [0.2, 0.25) is 0 Å². The zero-order valence-corrected chi connectivity index (χ0v) is 16.0. The summed E-state index contributed by atoms with van der Waals surface area (Å²) in [5, 5.41) is 9.16. The monoisotopic (exact) mass is 394 g/mol. The second kappa shape index (κ2) is 9.50. The summed E-state index contributed by atoms with van der Waals surface area (Å²) in [5.41, 5.74) is 4.41. The van der Waals surface area contributed by atoms with Crippen LogP contribution in [-0.2, 0) is 14.4 Å². The third kappa shape index (κ3) is 6.17. The van der Waals surface area contributed by atoms with Gasteiger partial charge in [0.1, 0.15) is 5.75 Å². The van der Waals surface area contributed by atoms with Crippen LogP contribution in [0.15, 0.2) is 53.6 Å². The van der Waals surface area contributed by atoms with Crippen molar-refractivity contribution in [2.45, 2.75) is 25.8 Å². The first-order valence-corrected chi connectivity index (χ1v) is 9.24. The molecule has 0 heterocycles. The van der Waals surface area contributed by atoms with Crippen LogP contribution in [0.5, 0.6) is 5.75 Å². The Balaban J connectivity index is 1.53. The summed E-state index contributed by atoms with van der Waals surface area (Å²) in [4.78, 5) is 35.4. The second-order valence-electron chi connectivity index (χ2n) is 6.64. The molecule has 0 bridgehead atoms. The largest absolute Gasteiger partial charge is 0.483 e. The third-order valence-electron chi connectivity index (χ3n) is 4.19. The zero-order chi connectivity index (χ0) is 20.6. The molecule has 3 N–H and O–H groups in total. The van der Waals surface area contributed by atoms with Crippen LogP contribution in [0, 0.1) is 6.92 Å². The maximum absolute atomic E-state index is 12.1. The van der Waals surface area contributed by atoms with Crippen LogP contribution < -0.4 is 20.8 Å². The van der Waals surface area contributed by atoms with E-state index >= 15 is 0 Å². The quantitative estimate of drug-likeness (QED) is 0.378. The normalized spacial score (nSPS) is 13.0. The number of hydrogen-bond acceptors (Lipinski definition) is 5. The van der Waals surface area contributed by atoms with Crippen LogP contribution in [0.25, 0.3) is 0 Å². The van der Waals surface area contributed by atoms with Crippen molar-refractivity contribution < 1.29 is 19.1 Å². The number of hydrazone groups is 1. The minimum atomic E-state index is -0.829. The number of rotatable bonds is 7. The fraction of sp³-hybridized carbons (Fsp3) is 0.238. The number of nitrogens with zero attached hydrogens (tertiary/aromatic N) is 1. The number of carbonyl (C=O) groups excluding carboxylic acids is 3. The van der Waals surface area contributed by atoms with E-state index in [1.165, 1.54) is 6.21 Å². The van der Waals surface area contributed by atoms with Crippen molar-refractivity contribution in [3.63, 3.8) is 0 Å². The van der Waals surface area contributed by atoms with Crippen molar-refractivity contribution in [1.82, 2.24) is 10.7 Å². The fourth-order valence-electron chi connectivity index (χ4n) is 2.45. The first-order valence-electron chi connectivity index (χ1n) is 9.24. The van der Waals surface area contributed by atoms with Gasteiger partial charge in [-0.1, -0.05) is 30.3 Å². The summed E-state index contributed by atoms with van der Waals surface area (Å²) in [6, 6.07) is 14.5. The highest BCUT2D eigenvalue weighted by Crippen LogP contribution is 2.18. The fourth-order valence-corrected chi connectivity index (χ4v) is 2.45. The topological polar surface area (TPSA) is 109 Å². The molecule has 0 aromatic heterocycles. The highest BCUT2D eigenvalue weighted by Gasteiger charge is 2.26. The van der Waals surface area contributed by atoms with Gasteiger partial charge in [0.25, 0.3) is 5.91 Å². The van der Waals surface area contributed by atoms with E-state index in [0.717, 1.165) is 24.1 Å². The molecular formula is C21H22N4O4. The van der Waals surface area contributed by atoms with Crippen LogP contribution in [0.1, 0.15) is 24.0 Å². The van der Waals surface area contributed by atoms with Gasteiger partial charge in [-0.3, -0.25) is 14.4 Å². The number of para-hydroxylation sites is 2. The van der Waals surface area contributed by atoms with Crippen LogP contribution in [0.3, 0.4) is 0 Å². The summed E-state index contributed by atoms with van der Waals surface area (Å²) < 4.78 is 5.58. The number of amides is 3. The number of carbonyl (C=O) groups is 3. The molecule has 2 aromatic rings. The third-order valence-corrected chi connectivity index (χ3v) is 4.19. The molecule has 1 aliphatic carbocycles. The van der Waals surface area contributed by atoms with Crippen molar-refractivity contribution in [2.24, 2.45) is 5.10 Å². The Morgan fingerprint density at radius 2 is 1.79 bits per heavy atom. The molecule has 0 aliphatic heterocycles. The molecule has 8 nitrogen and oxygen atoms in total. The highest BCUT2D eigenvalue weighted by molar-refractivity contribution is 6.35. The molecular weight excluding hydrogens is 372 g/mol. The van der Waals surface area contributed by atoms with E-state index in [0.29, 0.717) is 11.3 Å². The smallest absolute Gasteiger partial charge is 0.329 e. The summed E-state index contributed by atoms with van der Waals surface area (Å²) in [6.07, 6.45) is 3.14. The van der Waals surface area contributed by atoms with E-state index in [-0.39, 0.29) is 18.6 Å². The van der Waals surface area contributed by atoms with Crippen molar-refractivity contribution in [2.75, 3.05) is 11.9 Å². The lowest BCUT2D eigenvalue weighted by Gasteiger charge is -2.10. The lowest BCUT2D eigenvalue weighted by atomic mass is 10.2. The molecule has 1 fully saturated rings. The molecule has 1 aliphatic rings. The van der Waals surface area contributed by atoms with Gasteiger partial charge in [0.15, 0.2) is 6.61 Å². The van der Waals surface area contributed by atoms with Gasteiger partial charge in [-0.2, -0.15) is 5.10 Å². The highest BCUT2D eigenvalue weighted by atomic mass is 16.5. The Hall–Kier alpha value is -3.68. The molecule has 0 atom stereocenters. The standard InChI is InChI=1S/C21H22N4O4/c1-14-6-2-4-8-17(14)24-19(26)13-29-18-9-5-3-7-15(18)12-22-25-21(28)20(27)23-16-10-11-16/h2-9,12,16H,10-11,13H2,1H3,(H,23,27)(H,24,26)(H,25,28)/b22-12-. The van der Waals surface area contributed by atoms with E-state index in [1.54, 1.807) is 24.3 Å². The van der Waals surface area contributed by atoms with Gasteiger partial charge < -0.3 is 15.4 Å². The number of nitrogens with one attached hydrogen (secondary N) is 3. The number of ether oxygens (including phenoxy) is 1. The summed E-state index contributed by atoms with van der Waals surface area (Å²) in [7, 11) is 0. The van der Waals surface area contributed by atoms with E-state index in [4.69, 9.17) is 4.74 Å². The summed E-state index contributed by atoms with van der Waals surface area (Å²) in [5.74, 6) is -1.41. The first-order chi connectivity index (χ1) is 14.0. The zero-order valence-electron chi connectivity index (χ0n) is 16.0. The Morgan fingerprint density at radius 3 is 2.55 bits per heavy atom. The Labute approximate surface area is 168 Å². The van der Waals surface area contributed by atoms with Crippen LogP contribution >= 0.6 is 0 Å². The molecule has 0 saturated heterocycles. The molecule has 29 heavy (non-hydrogen) atoms. The van der Waals surface area contributed by atoms with Gasteiger partial charge in [0, 0.05) is 17.3 Å². The summed E-state index contributed by atoms with van der Waals surface area (Å²) >= 11 is 0. The first kappa shape index (κ1) is 20.1. The number of aryl methyl sites for hydroxylation is 1. The molecule has 150 valence electrons. The Morgan fingerprint density at radius 1 is 1.07 bits per heavy atom. The van der Waals surface area contributed by atoms with E-state index in [9.17, 15) is 14.4 Å². The van der Waals surface area contributed by atoms with Crippen molar-refractivity contribution in [3.8, 4) is 5.75 Å². The van der Waals surface area contributed by atoms with Crippen molar-refractivity contribution in [1.29, 1.82) is 0 Å². The predicted octanol–water partition coefficient (Wildman–Crippen LogP) is 1.74. The minimum Gasteiger partial charge on any atom is -0.483 e. The second-order valence-corrected chi connectivity index (χ2v) is 6.64. The van der Waals surface area contributed by atoms with E-state index in [2.05, 4.69) is 21.2 Å². The molecule has 0 unspecified atom stereocenters. The minimum absolute atomic E-state index is 0.0946. The van der Waals surface area contributed by atoms with Gasteiger partial charge in [-0.25, -0.2) is 5.43 Å². The summed E-state index contributed by atoms with van der Waals surface area (Å²) in [6.45, 7) is 1.72. The molecule has 8 heteroatoms. The van der Waals surface area contributed by atoms with E-state index < -0.39 is 11.8 Å². The average Bonchev–Trinajstić information content (AvgIpc) is 3.53. The average molecular weight is 394 g/mol. The van der Waals surface area contributed by atoms with Gasteiger partial charge in [0.05, 0.1) is 6.21 Å². The van der Waals surface area contributed by atoms with E-state index in [1.807, 2.05) is 31.2 Å². The number of benzene rings is 2. The van der Waals surface area contributed by atoms with Gasteiger partial charge in [0.2, 0.25) is 0 Å². The number of hydrogen-bond donors (Lipinski definition) is 3. The SMILES string of the molecule is Cc1ccccc1NC(=O)COc1ccccc1/C=N\NC(=O)C(=O)NC1CC1. The van der Waals surface area contributed by atoms with Gasteiger partial charge >= 0.3 is 11.8 Å². The van der Waals surface area contributed by atoms with Gasteiger partial charge in [-0.05, 0) is 43.5 Å². The lowest BCUT2D eigenvalue weighted by molar-refractivity contribution is -0.139. The molecule has 1 saturated carbocycles. The van der Waals surface area contributed by atoms with Crippen molar-refractivity contribution >= 4 is 29.6 Å². The number of anilines is 1. The molecule has 3 rings (SSSR count). The molecule has 3 amide bonds. The molecule has 2 aromatic carbocycles. The Kier molecular flexibility index (Phi) is 6.57. The van der Waals surface area contributed by atoms with Gasteiger partial charge in [-0.15, -0.1) is 0 Å². The molecule has 0 radical (unpaired) electrons. The molecule has 0 spiro atoms. The maximum Gasteiger partial charge on any atom is 0.329 e. The maximum atomic E-state index is 12.1. The Bertz CT molecular complexity index is 938.